The molecule has 3 aliphatic rings. The van der Waals surface area contributed by atoms with Crippen LogP contribution >= 0.6 is 0 Å². The number of nitrogens with zero attached hydrogens (tertiary/aromatic N) is 3. The molecule has 2 aromatic carbocycles. The first-order valence-electron chi connectivity index (χ1n) is 13.6. The Balaban J connectivity index is 1.44. The summed E-state index contributed by atoms with van der Waals surface area (Å²) in [6.45, 7) is 11.3. The van der Waals surface area contributed by atoms with Gasteiger partial charge in [0.25, 0.3) is 0 Å². The predicted octanol–water partition coefficient (Wildman–Crippen LogP) is 5.21. The van der Waals surface area contributed by atoms with Gasteiger partial charge < -0.3 is 19.3 Å². The largest absolute Gasteiger partial charge is 0.496 e. The molecule has 1 aliphatic carbocycles. The van der Waals surface area contributed by atoms with E-state index < -0.39 is 0 Å². The number of para-hydroxylation sites is 1. The van der Waals surface area contributed by atoms with Crippen LogP contribution in [0, 0.1) is 17.2 Å². The number of ether oxygens (including phenoxy) is 2. The Kier molecular flexibility index (Phi) is 6.93. The molecule has 6 nitrogen and oxygen atoms in total. The summed E-state index contributed by atoms with van der Waals surface area (Å²) >= 11 is 0. The molecule has 0 N–H and O–H groups in total. The summed E-state index contributed by atoms with van der Waals surface area (Å²) < 4.78 is 11.7. The molecule has 37 heavy (non-hydrogen) atoms. The van der Waals surface area contributed by atoms with Crippen molar-refractivity contribution in [1.29, 1.82) is 5.26 Å². The van der Waals surface area contributed by atoms with Crippen molar-refractivity contribution in [3.05, 3.63) is 58.1 Å². The number of hydrogen-bond acceptors (Lipinski definition) is 5. The van der Waals surface area contributed by atoms with E-state index in [1.54, 1.807) is 7.11 Å². The van der Waals surface area contributed by atoms with Crippen LogP contribution in [0.3, 0.4) is 0 Å². The van der Waals surface area contributed by atoms with Crippen molar-refractivity contribution in [2.24, 2.45) is 5.92 Å². The van der Waals surface area contributed by atoms with E-state index in [0.29, 0.717) is 31.4 Å². The second-order valence-corrected chi connectivity index (χ2v) is 11.8. The zero-order chi connectivity index (χ0) is 26.3. The van der Waals surface area contributed by atoms with Crippen LogP contribution in [-0.2, 0) is 29.0 Å². The van der Waals surface area contributed by atoms with E-state index in [4.69, 9.17) is 9.47 Å². The van der Waals surface area contributed by atoms with E-state index in [0.717, 1.165) is 42.1 Å². The summed E-state index contributed by atoms with van der Waals surface area (Å²) in [5, 5.41) is 10.4. The topological polar surface area (TPSA) is 65.8 Å². The Morgan fingerprint density at radius 2 is 1.97 bits per heavy atom. The van der Waals surface area contributed by atoms with Crippen molar-refractivity contribution in [3.8, 4) is 11.8 Å². The molecule has 0 aromatic heterocycles. The smallest absolute Gasteiger partial charge is 0.227 e. The average Bonchev–Trinajstić information content (AvgIpc) is 3.72. The lowest BCUT2D eigenvalue weighted by molar-refractivity contribution is -0.134. The van der Waals surface area contributed by atoms with Gasteiger partial charge >= 0.3 is 0 Å². The van der Waals surface area contributed by atoms with Crippen LogP contribution in [0.15, 0.2) is 30.3 Å². The number of anilines is 1. The highest BCUT2D eigenvalue weighted by atomic mass is 16.5. The summed E-state index contributed by atoms with van der Waals surface area (Å²) in [4.78, 5) is 17.9. The monoisotopic (exact) mass is 501 g/mol. The fourth-order valence-corrected chi connectivity index (χ4v) is 6.05. The van der Waals surface area contributed by atoms with Gasteiger partial charge in [-0.25, -0.2) is 0 Å². The molecule has 1 saturated carbocycles. The third kappa shape index (κ3) is 5.07. The lowest BCUT2D eigenvalue weighted by Gasteiger charge is -2.45. The van der Waals surface area contributed by atoms with Gasteiger partial charge in [-0.2, -0.15) is 5.26 Å². The molecule has 0 bridgehead atoms. The highest BCUT2D eigenvalue weighted by Crippen LogP contribution is 2.47. The number of carbonyl (C=O) groups excluding carboxylic acids is 1. The minimum Gasteiger partial charge on any atom is -0.496 e. The van der Waals surface area contributed by atoms with Crippen molar-refractivity contribution in [2.75, 3.05) is 31.6 Å². The molecule has 1 saturated heterocycles. The van der Waals surface area contributed by atoms with Crippen LogP contribution < -0.4 is 9.64 Å². The summed E-state index contributed by atoms with van der Waals surface area (Å²) in [6.07, 6.45) is 3.50. The van der Waals surface area contributed by atoms with Gasteiger partial charge in [0.1, 0.15) is 11.8 Å². The number of piperazine rings is 1. The summed E-state index contributed by atoms with van der Waals surface area (Å²) in [5.41, 5.74) is 6.27. The van der Waals surface area contributed by atoms with Gasteiger partial charge in [0.2, 0.25) is 5.91 Å². The zero-order valence-electron chi connectivity index (χ0n) is 22.8. The molecule has 1 amide bonds. The van der Waals surface area contributed by atoms with Crippen molar-refractivity contribution in [2.45, 2.75) is 77.5 Å². The fourth-order valence-electron chi connectivity index (χ4n) is 6.05. The highest BCUT2D eigenvalue weighted by molar-refractivity contribution is 5.80. The Bertz CT molecular complexity index is 1220. The Labute approximate surface area is 221 Å². The van der Waals surface area contributed by atoms with Gasteiger partial charge in [0.15, 0.2) is 0 Å². The van der Waals surface area contributed by atoms with Crippen LogP contribution in [0.2, 0.25) is 0 Å². The number of amides is 1. The number of methoxy groups -OCH3 is 1. The van der Waals surface area contributed by atoms with Crippen LogP contribution in [0.5, 0.6) is 5.75 Å². The third-order valence-corrected chi connectivity index (χ3v) is 8.28. The quantitative estimate of drug-likeness (QED) is 0.544. The average molecular weight is 502 g/mol. The molecule has 5 rings (SSSR count). The first kappa shape index (κ1) is 25.6. The maximum Gasteiger partial charge on any atom is 0.227 e. The van der Waals surface area contributed by atoms with E-state index in [9.17, 15) is 10.1 Å². The van der Waals surface area contributed by atoms with Gasteiger partial charge in [-0.15, -0.1) is 0 Å². The maximum absolute atomic E-state index is 13.5. The number of fused-ring (bicyclic) bond motifs is 1. The SMILES string of the molecule is COc1ccccc1CC(=O)N1CCN(c2cc(C3CC3)c3c(c2C#N)CC(C)(C)OC3)C[C@H]1C(C)C. The normalized spacial score (nSPS) is 20.9. The summed E-state index contributed by atoms with van der Waals surface area (Å²) in [6, 6.07) is 12.7. The molecule has 6 heteroatoms. The number of rotatable bonds is 6. The van der Waals surface area contributed by atoms with E-state index >= 15 is 0 Å². The first-order chi connectivity index (χ1) is 17.7. The Hall–Kier alpha value is -3.04. The number of hydrogen-bond donors (Lipinski definition) is 0. The number of carbonyl (C=O) groups is 1. The molecule has 196 valence electrons. The Morgan fingerprint density at radius 1 is 1.22 bits per heavy atom. The Morgan fingerprint density at radius 3 is 2.65 bits per heavy atom. The molecule has 0 unspecified atom stereocenters. The number of nitriles is 1. The minimum atomic E-state index is -0.276. The van der Waals surface area contributed by atoms with Crippen LogP contribution in [0.25, 0.3) is 0 Å². The lowest BCUT2D eigenvalue weighted by atomic mass is 9.83. The van der Waals surface area contributed by atoms with Crippen molar-refractivity contribution < 1.29 is 14.3 Å². The standard InChI is InChI=1S/C31H39N3O3/c1-20(2)28-18-33(12-13-34(28)30(35)14-22-8-6-7-9-29(22)36-5)27-15-23(21-10-11-21)26-19-37-31(3,4)16-24(26)25(27)17-32/h6-9,15,20-21,28H,10-14,16,18-19H2,1-5H3/t28-/m0/s1. The lowest BCUT2D eigenvalue weighted by Crippen LogP contribution is -2.57. The molecule has 2 fully saturated rings. The van der Waals surface area contributed by atoms with Gasteiger partial charge in [-0.05, 0) is 67.3 Å². The second kappa shape index (κ2) is 10.0. The molecule has 2 heterocycles. The second-order valence-electron chi connectivity index (χ2n) is 11.8. The zero-order valence-corrected chi connectivity index (χ0v) is 22.8. The van der Waals surface area contributed by atoms with Crippen LogP contribution in [0.4, 0.5) is 5.69 Å². The van der Waals surface area contributed by atoms with E-state index in [2.05, 4.69) is 49.6 Å². The fraction of sp³-hybridized carbons (Fsp3) is 0.548. The van der Waals surface area contributed by atoms with Gasteiger partial charge in [0, 0.05) is 31.6 Å². The predicted molar refractivity (Wildman–Crippen MR) is 145 cm³/mol. The van der Waals surface area contributed by atoms with Crippen molar-refractivity contribution in [1.82, 2.24) is 4.90 Å². The van der Waals surface area contributed by atoms with Crippen LogP contribution in [-0.4, -0.2) is 49.2 Å². The van der Waals surface area contributed by atoms with Gasteiger partial charge in [0.05, 0.1) is 43.0 Å². The molecule has 0 spiro atoms. The molecular formula is C31H39N3O3. The van der Waals surface area contributed by atoms with E-state index in [1.165, 1.54) is 29.5 Å². The minimum absolute atomic E-state index is 0.0719. The van der Waals surface area contributed by atoms with Crippen LogP contribution in [0.1, 0.15) is 74.3 Å². The molecule has 0 radical (unpaired) electrons. The molecular weight excluding hydrogens is 462 g/mol. The molecule has 1 atom stereocenters. The molecule has 2 aromatic rings. The summed E-state index contributed by atoms with van der Waals surface area (Å²) in [7, 11) is 1.65. The van der Waals surface area contributed by atoms with Gasteiger partial charge in [-0.3, -0.25) is 4.79 Å². The highest BCUT2D eigenvalue weighted by Gasteiger charge is 2.38. The molecule has 2 aliphatic heterocycles. The van der Waals surface area contributed by atoms with Gasteiger partial charge in [-0.1, -0.05) is 32.0 Å². The maximum atomic E-state index is 13.5. The first-order valence-corrected chi connectivity index (χ1v) is 13.6. The van der Waals surface area contributed by atoms with E-state index in [-0.39, 0.29) is 17.6 Å². The van der Waals surface area contributed by atoms with Crippen molar-refractivity contribution >= 4 is 11.6 Å². The van der Waals surface area contributed by atoms with E-state index in [1.807, 2.05) is 24.3 Å². The van der Waals surface area contributed by atoms with Crippen molar-refractivity contribution in [3.63, 3.8) is 0 Å². The third-order valence-electron chi connectivity index (χ3n) is 8.28. The number of benzene rings is 2. The summed E-state index contributed by atoms with van der Waals surface area (Å²) in [5.74, 6) is 1.76.